The molecule has 1 saturated carbocycles. The van der Waals surface area contributed by atoms with Gasteiger partial charge >= 0.3 is 0 Å². The third-order valence-corrected chi connectivity index (χ3v) is 3.91. The van der Waals surface area contributed by atoms with Crippen molar-refractivity contribution in [1.29, 1.82) is 0 Å². The smallest absolute Gasteiger partial charge is 0.211 e. The third-order valence-electron chi connectivity index (χ3n) is 3.91. The summed E-state index contributed by atoms with van der Waals surface area (Å²) in [6, 6.07) is 8.65. The molecule has 17 heavy (non-hydrogen) atoms. The van der Waals surface area contributed by atoms with E-state index in [1.54, 1.807) is 0 Å². The van der Waals surface area contributed by atoms with Crippen molar-refractivity contribution in [2.24, 2.45) is 5.92 Å². The van der Waals surface area contributed by atoms with Gasteiger partial charge in [0.05, 0.1) is 0 Å². The van der Waals surface area contributed by atoms with Crippen LogP contribution in [0.5, 0.6) is 0 Å². The summed E-state index contributed by atoms with van der Waals surface area (Å²) < 4.78 is 24.6. The molecule has 2 rings (SSSR count). The number of aryl methyl sites for hydroxylation is 1. The Bertz CT molecular complexity index is 334. The summed E-state index contributed by atoms with van der Waals surface area (Å²) in [5.41, 5.74) is 2.66. The second-order valence-corrected chi connectivity index (χ2v) is 5.26. The fourth-order valence-corrected chi connectivity index (χ4v) is 2.82. The molecule has 1 fully saturated rings. The highest BCUT2D eigenvalue weighted by Crippen LogP contribution is 2.37. The second-order valence-electron chi connectivity index (χ2n) is 5.26. The highest BCUT2D eigenvalue weighted by molar-refractivity contribution is 5.24. The molecule has 0 atom stereocenters. The Labute approximate surface area is 102 Å². The van der Waals surface area contributed by atoms with Crippen molar-refractivity contribution >= 4 is 0 Å². The zero-order chi connectivity index (χ0) is 12.3. The van der Waals surface area contributed by atoms with Crippen molar-refractivity contribution in [2.75, 3.05) is 0 Å². The van der Waals surface area contributed by atoms with Crippen molar-refractivity contribution < 1.29 is 8.78 Å². The monoisotopic (exact) mass is 238 g/mol. The van der Waals surface area contributed by atoms with E-state index in [1.807, 2.05) is 0 Å². The summed E-state index contributed by atoms with van der Waals surface area (Å²) in [6.45, 7) is 2.09. The molecule has 0 saturated heterocycles. The lowest BCUT2D eigenvalue weighted by Gasteiger charge is -2.28. The Balaban J connectivity index is 1.88. The lowest BCUT2D eigenvalue weighted by molar-refractivity contribution is 0.102. The van der Waals surface area contributed by atoms with Crippen molar-refractivity contribution in [3.8, 4) is 0 Å². The highest BCUT2D eigenvalue weighted by Gasteiger charge is 2.24. The normalized spacial score (nSPS) is 25.2. The van der Waals surface area contributed by atoms with Crippen molar-refractivity contribution in [3.05, 3.63) is 35.4 Å². The number of hydrogen-bond acceptors (Lipinski definition) is 0. The molecule has 0 bridgehead atoms. The van der Waals surface area contributed by atoms with Crippen LogP contribution in [0.25, 0.3) is 0 Å². The summed E-state index contributed by atoms with van der Waals surface area (Å²) in [4.78, 5) is 0. The molecule has 0 spiro atoms. The molecule has 0 heterocycles. The zero-order valence-electron chi connectivity index (χ0n) is 10.3. The molecule has 1 aromatic rings. The molecule has 0 aromatic heterocycles. The van der Waals surface area contributed by atoms with Gasteiger partial charge in [-0.05, 0) is 50.0 Å². The Morgan fingerprint density at radius 2 is 1.65 bits per heavy atom. The van der Waals surface area contributed by atoms with E-state index >= 15 is 0 Å². The van der Waals surface area contributed by atoms with Gasteiger partial charge in [-0.25, -0.2) is 8.78 Å². The van der Waals surface area contributed by atoms with Gasteiger partial charge in [0.25, 0.3) is 0 Å². The highest BCUT2D eigenvalue weighted by atomic mass is 19.3. The summed E-state index contributed by atoms with van der Waals surface area (Å²) >= 11 is 0. The summed E-state index contributed by atoms with van der Waals surface area (Å²) in [5.74, 6) is 0.834. The maximum absolute atomic E-state index is 12.3. The van der Waals surface area contributed by atoms with E-state index in [9.17, 15) is 8.78 Å². The van der Waals surface area contributed by atoms with E-state index in [1.165, 1.54) is 11.1 Å². The first-order chi connectivity index (χ1) is 8.15. The van der Waals surface area contributed by atoms with Crippen LogP contribution < -0.4 is 0 Å². The van der Waals surface area contributed by atoms with E-state index in [4.69, 9.17) is 0 Å². The number of alkyl halides is 2. The average Bonchev–Trinajstić information content (AvgIpc) is 2.30. The number of rotatable bonds is 3. The van der Waals surface area contributed by atoms with E-state index in [0.29, 0.717) is 5.92 Å². The van der Waals surface area contributed by atoms with Crippen LogP contribution in [0.2, 0.25) is 0 Å². The van der Waals surface area contributed by atoms with Crippen LogP contribution in [-0.4, -0.2) is 6.43 Å². The van der Waals surface area contributed by atoms with E-state index in [-0.39, 0.29) is 12.3 Å². The summed E-state index contributed by atoms with van der Waals surface area (Å²) in [5, 5.41) is 0. The Kier molecular flexibility index (Phi) is 4.14. The minimum atomic E-state index is -2.13. The maximum atomic E-state index is 12.3. The first-order valence-electron chi connectivity index (χ1n) is 6.50. The molecule has 1 aromatic carbocycles. The predicted octanol–water partition coefficient (Wildman–Crippen LogP) is 4.92. The number of benzene rings is 1. The molecule has 0 nitrogen and oxygen atoms in total. The Morgan fingerprint density at radius 3 is 2.18 bits per heavy atom. The lowest BCUT2D eigenvalue weighted by atomic mass is 9.77. The quantitative estimate of drug-likeness (QED) is 0.700. The first kappa shape index (κ1) is 12.5. The molecular weight excluding hydrogens is 218 g/mol. The lowest BCUT2D eigenvalue weighted by Crippen LogP contribution is -2.15. The van der Waals surface area contributed by atoms with E-state index < -0.39 is 6.43 Å². The molecule has 94 valence electrons. The minimum absolute atomic E-state index is 0.0978. The number of hydrogen-bond donors (Lipinski definition) is 0. The van der Waals surface area contributed by atoms with Crippen molar-refractivity contribution in [3.63, 3.8) is 0 Å². The molecule has 2 heteroatoms. The molecule has 0 N–H and O–H groups in total. The van der Waals surface area contributed by atoms with Crippen molar-refractivity contribution in [2.45, 2.75) is 51.4 Å². The first-order valence-corrected chi connectivity index (χ1v) is 6.50. The molecule has 0 radical (unpaired) electrons. The SMILES string of the molecule is Cc1ccc(C2CCC(CC(F)F)CC2)cc1. The van der Waals surface area contributed by atoms with Crippen LogP contribution >= 0.6 is 0 Å². The summed E-state index contributed by atoms with van der Waals surface area (Å²) in [7, 11) is 0. The van der Waals surface area contributed by atoms with Gasteiger partial charge in [-0.2, -0.15) is 0 Å². The topological polar surface area (TPSA) is 0 Å². The Morgan fingerprint density at radius 1 is 1.06 bits per heavy atom. The molecule has 0 aliphatic heterocycles. The van der Waals surface area contributed by atoms with E-state index in [2.05, 4.69) is 31.2 Å². The average molecular weight is 238 g/mol. The molecular formula is C15H20F2. The molecule has 1 aliphatic carbocycles. The Hall–Kier alpha value is -0.920. The maximum Gasteiger partial charge on any atom is 0.238 e. The fourth-order valence-electron chi connectivity index (χ4n) is 2.82. The van der Waals surface area contributed by atoms with Gasteiger partial charge in [-0.15, -0.1) is 0 Å². The fraction of sp³-hybridized carbons (Fsp3) is 0.600. The minimum Gasteiger partial charge on any atom is -0.211 e. The molecule has 0 unspecified atom stereocenters. The molecule has 0 amide bonds. The van der Waals surface area contributed by atoms with Gasteiger partial charge in [-0.1, -0.05) is 29.8 Å². The number of halogens is 2. The van der Waals surface area contributed by atoms with E-state index in [0.717, 1.165) is 25.7 Å². The van der Waals surface area contributed by atoms with Gasteiger partial charge in [0.2, 0.25) is 6.43 Å². The van der Waals surface area contributed by atoms with Crippen LogP contribution in [-0.2, 0) is 0 Å². The van der Waals surface area contributed by atoms with Crippen LogP contribution in [0.1, 0.15) is 49.1 Å². The second kappa shape index (κ2) is 5.61. The van der Waals surface area contributed by atoms with Crippen LogP contribution in [0, 0.1) is 12.8 Å². The standard InChI is InChI=1S/C15H20F2/c1-11-2-6-13(7-3-11)14-8-4-12(5-9-14)10-15(16)17/h2-3,6-7,12,14-15H,4-5,8-10H2,1H3. The van der Waals surface area contributed by atoms with Crippen LogP contribution in [0.4, 0.5) is 8.78 Å². The van der Waals surface area contributed by atoms with Crippen LogP contribution in [0.3, 0.4) is 0 Å². The van der Waals surface area contributed by atoms with Gasteiger partial charge in [0, 0.05) is 6.42 Å². The van der Waals surface area contributed by atoms with Gasteiger partial charge in [-0.3, -0.25) is 0 Å². The predicted molar refractivity (Wildman–Crippen MR) is 66.5 cm³/mol. The van der Waals surface area contributed by atoms with Gasteiger partial charge < -0.3 is 0 Å². The largest absolute Gasteiger partial charge is 0.238 e. The third kappa shape index (κ3) is 3.52. The summed E-state index contributed by atoms with van der Waals surface area (Å²) in [6.07, 6.45) is 2.03. The van der Waals surface area contributed by atoms with Crippen LogP contribution in [0.15, 0.2) is 24.3 Å². The zero-order valence-corrected chi connectivity index (χ0v) is 10.3. The van der Waals surface area contributed by atoms with Gasteiger partial charge in [0.15, 0.2) is 0 Å². The van der Waals surface area contributed by atoms with Gasteiger partial charge in [0.1, 0.15) is 0 Å². The molecule has 1 aliphatic rings. The van der Waals surface area contributed by atoms with Crippen molar-refractivity contribution in [1.82, 2.24) is 0 Å².